The molecule has 0 aromatic heterocycles. The maximum Gasteiger partial charge on any atom is 0.326 e. The molecule has 0 aliphatic heterocycles. The summed E-state index contributed by atoms with van der Waals surface area (Å²) in [5.74, 6) is -0.913. The highest BCUT2D eigenvalue weighted by atomic mass is 32.2. The van der Waals surface area contributed by atoms with Gasteiger partial charge in [-0.3, -0.25) is 9.35 Å². The number of hydrogen-bond donors (Lipinski definition) is 2. The normalized spacial score (nSPS) is 14.5. The van der Waals surface area contributed by atoms with Gasteiger partial charge in [0, 0.05) is 0 Å². The smallest absolute Gasteiger partial charge is 0.326 e. The van der Waals surface area contributed by atoms with Crippen LogP contribution in [0.25, 0.3) is 0 Å². The van der Waals surface area contributed by atoms with Crippen molar-refractivity contribution in [1.29, 1.82) is 0 Å². The third-order valence-electron chi connectivity index (χ3n) is 4.38. The lowest BCUT2D eigenvalue weighted by Gasteiger charge is -2.11. The summed E-state index contributed by atoms with van der Waals surface area (Å²) in [6, 6.07) is 0. The number of esters is 1. The standard InChI is InChI=1S/C19H36O6S/c1-3-4-5-11-14-17(20)15-12-9-7-6-8-10-13-16-18(19(21)25-2)26(22,23)24/h9,12,17-18,20H,3-8,10-11,13-16H2,1-2H3,(H,22,23,24)/b12-9-/t17-,18?/m1/s1. The van der Waals surface area contributed by atoms with Gasteiger partial charge < -0.3 is 9.84 Å². The molecule has 0 radical (unpaired) electrons. The Bertz CT molecular complexity index is 486. The van der Waals surface area contributed by atoms with Gasteiger partial charge in [-0.1, -0.05) is 64.0 Å². The molecule has 0 saturated carbocycles. The van der Waals surface area contributed by atoms with Gasteiger partial charge in [0.1, 0.15) is 0 Å². The van der Waals surface area contributed by atoms with Gasteiger partial charge in [0.2, 0.25) is 0 Å². The Kier molecular flexibility index (Phi) is 14.6. The second kappa shape index (κ2) is 15.2. The van der Waals surface area contributed by atoms with Crippen molar-refractivity contribution >= 4 is 16.1 Å². The molecule has 0 aliphatic carbocycles. The van der Waals surface area contributed by atoms with Crippen molar-refractivity contribution in [3.05, 3.63) is 12.2 Å². The molecule has 26 heavy (non-hydrogen) atoms. The van der Waals surface area contributed by atoms with Gasteiger partial charge in [-0.25, -0.2) is 0 Å². The van der Waals surface area contributed by atoms with Crippen LogP contribution in [0, 0.1) is 0 Å². The molecule has 6 nitrogen and oxygen atoms in total. The molecule has 0 bridgehead atoms. The van der Waals surface area contributed by atoms with E-state index < -0.39 is 21.3 Å². The molecular formula is C19H36O6S. The molecular weight excluding hydrogens is 356 g/mol. The molecule has 0 amide bonds. The highest BCUT2D eigenvalue weighted by Gasteiger charge is 2.31. The molecule has 0 saturated heterocycles. The van der Waals surface area contributed by atoms with Crippen LogP contribution in [0.5, 0.6) is 0 Å². The average molecular weight is 393 g/mol. The fourth-order valence-electron chi connectivity index (χ4n) is 2.76. The van der Waals surface area contributed by atoms with Gasteiger partial charge in [-0.2, -0.15) is 8.42 Å². The van der Waals surface area contributed by atoms with E-state index in [4.69, 9.17) is 4.55 Å². The van der Waals surface area contributed by atoms with E-state index in [-0.39, 0.29) is 12.5 Å². The number of rotatable bonds is 16. The Labute approximate surface area is 158 Å². The number of allylic oxidation sites excluding steroid dienone is 1. The summed E-state index contributed by atoms with van der Waals surface area (Å²) >= 11 is 0. The Balaban J connectivity index is 3.73. The molecule has 1 unspecified atom stereocenters. The van der Waals surface area contributed by atoms with Crippen LogP contribution in [-0.2, 0) is 19.6 Å². The number of carbonyl (C=O) groups excluding carboxylic acids is 1. The molecule has 0 aromatic carbocycles. The van der Waals surface area contributed by atoms with Crippen molar-refractivity contribution in [1.82, 2.24) is 0 Å². The first-order chi connectivity index (χ1) is 12.3. The lowest BCUT2D eigenvalue weighted by molar-refractivity contribution is -0.140. The number of methoxy groups -OCH3 is 1. The maximum atomic E-state index is 11.4. The number of aliphatic hydroxyl groups is 1. The number of hydrogen-bond acceptors (Lipinski definition) is 5. The van der Waals surface area contributed by atoms with E-state index in [0.717, 1.165) is 45.6 Å². The Hall–Kier alpha value is -0.920. The molecule has 0 aliphatic rings. The van der Waals surface area contributed by atoms with Crippen molar-refractivity contribution in [3.63, 3.8) is 0 Å². The van der Waals surface area contributed by atoms with E-state index in [1.165, 1.54) is 19.3 Å². The van der Waals surface area contributed by atoms with E-state index in [1.807, 2.05) is 6.08 Å². The van der Waals surface area contributed by atoms with Crippen LogP contribution >= 0.6 is 0 Å². The van der Waals surface area contributed by atoms with Crippen molar-refractivity contribution in [2.24, 2.45) is 0 Å². The minimum atomic E-state index is -4.41. The molecule has 0 heterocycles. The number of ether oxygens (including phenoxy) is 1. The first-order valence-electron chi connectivity index (χ1n) is 9.70. The monoisotopic (exact) mass is 392 g/mol. The minimum absolute atomic E-state index is 0.0750. The first kappa shape index (κ1) is 25.1. The molecule has 154 valence electrons. The summed E-state index contributed by atoms with van der Waals surface area (Å²) < 4.78 is 35.8. The van der Waals surface area contributed by atoms with Gasteiger partial charge in [0.05, 0.1) is 13.2 Å². The fraction of sp³-hybridized carbons (Fsp3) is 0.842. The molecule has 0 aromatic rings. The predicted molar refractivity (Wildman–Crippen MR) is 104 cm³/mol. The van der Waals surface area contributed by atoms with E-state index in [9.17, 15) is 18.3 Å². The van der Waals surface area contributed by atoms with E-state index >= 15 is 0 Å². The maximum absolute atomic E-state index is 11.4. The van der Waals surface area contributed by atoms with Crippen LogP contribution in [0.3, 0.4) is 0 Å². The Morgan fingerprint density at radius 2 is 1.62 bits per heavy atom. The highest BCUT2D eigenvalue weighted by molar-refractivity contribution is 7.87. The SMILES string of the molecule is CCCCCC[C@@H](O)C/C=C\CCCCCCC(C(=O)OC)S(=O)(=O)O. The van der Waals surface area contributed by atoms with Crippen molar-refractivity contribution in [2.75, 3.05) is 7.11 Å². The predicted octanol–water partition coefficient (Wildman–Crippen LogP) is 4.03. The quantitative estimate of drug-likeness (QED) is 0.178. The zero-order chi connectivity index (χ0) is 19.8. The zero-order valence-corrected chi connectivity index (χ0v) is 17.0. The summed E-state index contributed by atoms with van der Waals surface area (Å²) in [5, 5.41) is 8.37. The van der Waals surface area contributed by atoms with E-state index in [1.54, 1.807) is 0 Å². The van der Waals surface area contributed by atoms with Crippen LogP contribution in [0.4, 0.5) is 0 Å². The van der Waals surface area contributed by atoms with Gasteiger partial charge in [-0.15, -0.1) is 0 Å². The molecule has 0 spiro atoms. The van der Waals surface area contributed by atoms with Gasteiger partial charge in [0.25, 0.3) is 10.1 Å². The first-order valence-corrected chi connectivity index (χ1v) is 11.2. The fourth-order valence-corrected chi connectivity index (χ4v) is 3.57. The van der Waals surface area contributed by atoms with Gasteiger partial charge in [-0.05, 0) is 32.1 Å². The van der Waals surface area contributed by atoms with Crippen molar-refractivity contribution < 1.29 is 27.6 Å². The highest BCUT2D eigenvalue weighted by Crippen LogP contribution is 2.14. The molecule has 0 fully saturated rings. The van der Waals surface area contributed by atoms with Gasteiger partial charge in [0.15, 0.2) is 5.25 Å². The van der Waals surface area contributed by atoms with Crippen LogP contribution in [0.2, 0.25) is 0 Å². The van der Waals surface area contributed by atoms with E-state index in [0.29, 0.717) is 12.8 Å². The number of unbranched alkanes of at least 4 members (excludes halogenated alkanes) is 7. The Morgan fingerprint density at radius 3 is 2.23 bits per heavy atom. The summed E-state index contributed by atoms with van der Waals surface area (Å²) in [7, 11) is -3.30. The largest absolute Gasteiger partial charge is 0.468 e. The van der Waals surface area contributed by atoms with Crippen molar-refractivity contribution in [2.45, 2.75) is 95.3 Å². The van der Waals surface area contributed by atoms with Gasteiger partial charge >= 0.3 is 5.97 Å². The Morgan fingerprint density at radius 1 is 1.00 bits per heavy atom. The lowest BCUT2D eigenvalue weighted by atomic mass is 10.1. The molecule has 0 rings (SSSR count). The van der Waals surface area contributed by atoms with Crippen molar-refractivity contribution in [3.8, 4) is 0 Å². The second-order valence-electron chi connectivity index (χ2n) is 6.73. The number of carbonyl (C=O) groups is 1. The summed E-state index contributed by atoms with van der Waals surface area (Å²) in [6.07, 6.45) is 14.3. The average Bonchev–Trinajstić information content (AvgIpc) is 2.58. The minimum Gasteiger partial charge on any atom is -0.468 e. The number of aliphatic hydroxyl groups excluding tert-OH is 1. The van der Waals surface area contributed by atoms with E-state index in [2.05, 4.69) is 17.7 Å². The zero-order valence-electron chi connectivity index (χ0n) is 16.2. The lowest BCUT2D eigenvalue weighted by Crippen LogP contribution is -2.30. The molecule has 7 heteroatoms. The third-order valence-corrected chi connectivity index (χ3v) is 5.52. The third kappa shape index (κ3) is 13.3. The summed E-state index contributed by atoms with van der Waals surface area (Å²) in [5.41, 5.74) is 0. The molecule has 2 atom stereocenters. The van der Waals surface area contributed by atoms with Crippen LogP contribution in [-0.4, -0.2) is 42.5 Å². The summed E-state index contributed by atoms with van der Waals surface area (Å²) in [6.45, 7) is 2.17. The summed E-state index contributed by atoms with van der Waals surface area (Å²) in [4.78, 5) is 11.4. The topological polar surface area (TPSA) is 101 Å². The van der Waals surface area contributed by atoms with Crippen LogP contribution in [0.1, 0.15) is 84.0 Å². The van der Waals surface area contributed by atoms with Crippen LogP contribution < -0.4 is 0 Å². The second-order valence-corrected chi connectivity index (χ2v) is 8.33. The molecule has 2 N–H and O–H groups in total. The van der Waals surface area contributed by atoms with Crippen LogP contribution in [0.15, 0.2) is 12.2 Å².